The van der Waals surface area contributed by atoms with Gasteiger partial charge in [-0.25, -0.2) is 0 Å². The number of amides is 1. The lowest BCUT2D eigenvalue weighted by atomic mass is 10.1. The molecule has 6 nitrogen and oxygen atoms in total. The summed E-state index contributed by atoms with van der Waals surface area (Å²) in [4.78, 5) is 12.5. The van der Waals surface area contributed by atoms with Crippen molar-refractivity contribution < 1.29 is 9.53 Å². The van der Waals surface area contributed by atoms with Gasteiger partial charge >= 0.3 is 0 Å². The van der Waals surface area contributed by atoms with Crippen LogP contribution >= 0.6 is 23.8 Å². The van der Waals surface area contributed by atoms with Crippen molar-refractivity contribution >= 4 is 35.4 Å². The van der Waals surface area contributed by atoms with E-state index in [1.54, 1.807) is 12.1 Å². The smallest absolute Gasteiger partial charge is 0.226 e. The van der Waals surface area contributed by atoms with Crippen molar-refractivity contribution in [3.63, 3.8) is 0 Å². The van der Waals surface area contributed by atoms with Gasteiger partial charge in [-0.05, 0) is 43.8 Å². The fraction of sp³-hybridized carbons (Fsp3) is 0.250. The molecule has 1 heterocycles. The lowest BCUT2D eigenvalue weighted by Crippen LogP contribution is -2.15. The first-order valence-corrected chi connectivity index (χ1v) is 9.54. The van der Waals surface area contributed by atoms with Crippen LogP contribution in [-0.2, 0) is 11.3 Å². The zero-order valence-electron chi connectivity index (χ0n) is 15.9. The third-order valence-electron chi connectivity index (χ3n) is 4.35. The second-order valence-corrected chi connectivity index (χ2v) is 7.27. The minimum absolute atomic E-state index is 0.154. The second-order valence-electron chi connectivity index (χ2n) is 6.47. The van der Waals surface area contributed by atoms with Crippen LogP contribution in [0.15, 0.2) is 36.4 Å². The number of nitrogens with one attached hydrogen (secondary N) is 2. The van der Waals surface area contributed by atoms with Crippen molar-refractivity contribution in [2.45, 2.75) is 26.8 Å². The van der Waals surface area contributed by atoms with Crippen molar-refractivity contribution in [2.75, 3.05) is 12.4 Å². The van der Waals surface area contributed by atoms with Crippen molar-refractivity contribution in [1.29, 1.82) is 0 Å². The normalized spacial score (nSPS) is 10.7. The average Bonchev–Trinajstić information content (AvgIpc) is 3.03. The van der Waals surface area contributed by atoms with Crippen LogP contribution in [-0.4, -0.2) is 27.8 Å². The number of rotatable bonds is 6. The largest absolute Gasteiger partial charge is 0.495 e. The summed E-state index contributed by atoms with van der Waals surface area (Å²) >= 11 is 11.5. The van der Waals surface area contributed by atoms with Gasteiger partial charge in [0.05, 0.1) is 12.8 Å². The number of carbonyl (C=O) groups excluding carboxylic acids is 1. The molecule has 0 fully saturated rings. The topological polar surface area (TPSA) is 71.9 Å². The summed E-state index contributed by atoms with van der Waals surface area (Å²) in [6, 6.07) is 11.5. The van der Waals surface area contributed by atoms with E-state index >= 15 is 0 Å². The van der Waals surface area contributed by atoms with E-state index in [0.29, 0.717) is 33.6 Å². The molecule has 0 bridgehead atoms. The molecule has 0 aliphatic carbocycles. The van der Waals surface area contributed by atoms with Gasteiger partial charge in [-0.2, -0.15) is 5.10 Å². The highest BCUT2D eigenvalue weighted by Crippen LogP contribution is 2.31. The zero-order chi connectivity index (χ0) is 20.3. The summed E-state index contributed by atoms with van der Waals surface area (Å²) < 4.78 is 7.61. The zero-order valence-corrected chi connectivity index (χ0v) is 17.4. The highest BCUT2D eigenvalue weighted by atomic mass is 35.5. The molecule has 3 aromatic rings. The highest BCUT2D eigenvalue weighted by molar-refractivity contribution is 7.71. The van der Waals surface area contributed by atoms with Crippen LogP contribution in [0.1, 0.15) is 17.5 Å². The van der Waals surface area contributed by atoms with Crippen LogP contribution in [0.25, 0.3) is 11.4 Å². The number of nitrogens with zero attached hydrogens (tertiary/aromatic N) is 2. The van der Waals surface area contributed by atoms with E-state index in [4.69, 9.17) is 28.6 Å². The summed E-state index contributed by atoms with van der Waals surface area (Å²) in [5.74, 6) is 1.07. The Labute approximate surface area is 173 Å². The Morgan fingerprint density at radius 1 is 1.32 bits per heavy atom. The number of anilines is 1. The first-order chi connectivity index (χ1) is 13.4. The van der Waals surface area contributed by atoms with Gasteiger partial charge in [0.25, 0.3) is 0 Å². The van der Waals surface area contributed by atoms with E-state index in [9.17, 15) is 4.79 Å². The molecule has 0 saturated carbocycles. The first kappa shape index (κ1) is 20.1. The monoisotopic (exact) mass is 416 g/mol. The van der Waals surface area contributed by atoms with Crippen LogP contribution in [0.4, 0.5) is 5.69 Å². The molecule has 146 valence electrons. The van der Waals surface area contributed by atoms with Gasteiger partial charge in [0, 0.05) is 29.6 Å². The number of hydrogen-bond donors (Lipinski definition) is 2. The molecule has 0 aliphatic rings. The molecular weight excluding hydrogens is 396 g/mol. The molecule has 28 heavy (non-hydrogen) atoms. The SMILES string of the molecule is COc1cc(Cl)c(C)cc1NC(=O)CCn1c(-c2cccc(C)c2)n[nH]c1=S. The molecule has 0 aliphatic heterocycles. The Hall–Kier alpha value is -2.64. The summed E-state index contributed by atoms with van der Waals surface area (Å²) in [6.07, 6.45) is 0.234. The molecule has 0 saturated heterocycles. The molecule has 2 N–H and O–H groups in total. The predicted molar refractivity (Wildman–Crippen MR) is 114 cm³/mol. The maximum absolute atomic E-state index is 12.5. The van der Waals surface area contributed by atoms with E-state index < -0.39 is 0 Å². The number of methoxy groups -OCH3 is 1. The maximum atomic E-state index is 12.5. The van der Waals surface area contributed by atoms with Crippen LogP contribution in [0.5, 0.6) is 5.75 Å². The van der Waals surface area contributed by atoms with Crippen molar-refractivity contribution in [3.8, 4) is 17.1 Å². The van der Waals surface area contributed by atoms with Crippen LogP contribution in [0.3, 0.4) is 0 Å². The standard InChI is InChI=1S/C20H21ClN4O2S/c1-12-5-4-6-14(9-12)19-23-24-20(28)25(19)8-7-18(26)22-16-10-13(2)15(21)11-17(16)27-3/h4-6,9-11H,7-8H2,1-3H3,(H,22,26)(H,24,28). The van der Waals surface area contributed by atoms with E-state index in [1.165, 1.54) is 7.11 Å². The van der Waals surface area contributed by atoms with Crippen LogP contribution < -0.4 is 10.1 Å². The number of H-pyrrole nitrogens is 1. The number of halogens is 1. The van der Waals surface area contributed by atoms with Gasteiger partial charge in [-0.15, -0.1) is 0 Å². The Morgan fingerprint density at radius 3 is 2.82 bits per heavy atom. The number of carbonyl (C=O) groups is 1. The summed E-state index contributed by atoms with van der Waals surface area (Å²) in [5.41, 5.74) is 3.52. The summed E-state index contributed by atoms with van der Waals surface area (Å²) in [7, 11) is 1.54. The molecular formula is C20H21ClN4O2S. The van der Waals surface area contributed by atoms with Gasteiger partial charge in [-0.3, -0.25) is 14.5 Å². The third kappa shape index (κ3) is 4.43. The fourth-order valence-corrected chi connectivity index (χ4v) is 3.26. The molecule has 0 radical (unpaired) electrons. The molecule has 3 rings (SSSR count). The first-order valence-electron chi connectivity index (χ1n) is 8.75. The van der Waals surface area contributed by atoms with E-state index in [0.717, 1.165) is 16.7 Å². The highest BCUT2D eigenvalue weighted by Gasteiger charge is 2.13. The summed E-state index contributed by atoms with van der Waals surface area (Å²) in [5, 5.41) is 10.6. The van der Waals surface area contributed by atoms with Crippen molar-refractivity contribution in [3.05, 3.63) is 57.3 Å². The van der Waals surface area contributed by atoms with Crippen molar-refractivity contribution in [2.24, 2.45) is 0 Å². The van der Waals surface area contributed by atoms with E-state index in [-0.39, 0.29) is 12.3 Å². The quantitative estimate of drug-likeness (QED) is 0.559. The maximum Gasteiger partial charge on any atom is 0.226 e. The molecule has 8 heteroatoms. The lowest BCUT2D eigenvalue weighted by Gasteiger charge is -2.13. The Balaban J connectivity index is 1.75. The second kappa shape index (κ2) is 8.58. The Bertz CT molecular complexity index is 1070. The van der Waals surface area contributed by atoms with Gasteiger partial charge in [-0.1, -0.05) is 35.4 Å². The molecule has 0 spiro atoms. The average molecular weight is 417 g/mol. The molecule has 1 amide bonds. The number of hydrogen-bond acceptors (Lipinski definition) is 4. The predicted octanol–water partition coefficient (Wildman–Crippen LogP) is 4.92. The van der Waals surface area contributed by atoms with E-state index in [2.05, 4.69) is 15.5 Å². The minimum Gasteiger partial charge on any atom is -0.495 e. The number of benzene rings is 2. The Morgan fingerprint density at radius 2 is 2.11 bits per heavy atom. The van der Waals surface area contributed by atoms with Gasteiger partial charge < -0.3 is 10.1 Å². The number of aryl methyl sites for hydroxylation is 2. The number of aromatic nitrogens is 3. The number of aromatic amines is 1. The minimum atomic E-state index is -0.154. The van der Waals surface area contributed by atoms with Gasteiger partial charge in [0.15, 0.2) is 10.6 Å². The van der Waals surface area contributed by atoms with Crippen molar-refractivity contribution in [1.82, 2.24) is 14.8 Å². The molecule has 1 aromatic heterocycles. The summed E-state index contributed by atoms with van der Waals surface area (Å²) in [6.45, 7) is 4.29. The number of ether oxygens (including phenoxy) is 1. The lowest BCUT2D eigenvalue weighted by molar-refractivity contribution is -0.116. The van der Waals surface area contributed by atoms with Crippen LogP contribution in [0.2, 0.25) is 5.02 Å². The van der Waals surface area contributed by atoms with Crippen LogP contribution in [0, 0.1) is 18.6 Å². The molecule has 0 atom stereocenters. The molecule has 2 aromatic carbocycles. The van der Waals surface area contributed by atoms with E-state index in [1.807, 2.05) is 42.7 Å². The van der Waals surface area contributed by atoms with Gasteiger partial charge in [0.2, 0.25) is 5.91 Å². The third-order valence-corrected chi connectivity index (χ3v) is 5.07. The molecule has 0 unspecified atom stereocenters. The Kier molecular flexibility index (Phi) is 6.16. The fourth-order valence-electron chi connectivity index (χ4n) is 2.89. The van der Waals surface area contributed by atoms with Gasteiger partial charge in [0.1, 0.15) is 5.75 Å².